The summed E-state index contributed by atoms with van der Waals surface area (Å²) in [7, 11) is 0. The minimum atomic E-state index is 0.856. The summed E-state index contributed by atoms with van der Waals surface area (Å²) in [6, 6.07) is 60.1. The lowest BCUT2D eigenvalue weighted by molar-refractivity contribution is 0.669. The summed E-state index contributed by atoms with van der Waals surface area (Å²) < 4.78 is 15.3. The fourth-order valence-electron chi connectivity index (χ4n) is 7.95. The van der Waals surface area contributed by atoms with Crippen LogP contribution in [0.3, 0.4) is 0 Å². The van der Waals surface area contributed by atoms with Gasteiger partial charge < -0.3 is 18.3 Å². The van der Waals surface area contributed by atoms with E-state index >= 15 is 0 Å². The first kappa shape index (κ1) is 27.2. The molecule has 11 rings (SSSR count). The highest BCUT2D eigenvalue weighted by atomic mass is 16.3. The quantitative estimate of drug-likeness (QED) is 0.192. The van der Waals surface area contributed by atoms with Crippen LogP contribution in [0.2, 0.25) is 0 Å². The Morgan fingerprint density at radius 3 is 2.00 bits per heavy atom. The number of fused-ring (bicyclic) bond motifs is 11. The first-order chi connectivity index (χ1) is 24.8. The first-order valence-electron chi connectivity index (χ1n) is 16.9. The van der Waals surface area contributed by atoms with Crippen LogP contribution in [0, 0.1) is 0 Å². The highest BCUT2D eigenvalue weighted by molar-refractivity contribution is 6.17. The maximum Gasteiger partial charge on any atom is 0.143 e. The van der Waals surface area contributed by atoms with Gasteiger partial charge in [0.15, 0.2) is 0 Å². The van der Waals surface area contributed by atoms with Crippen molar-refractivity contribution in [3.8, 4) is 5.69 Å². The molecule has 0 saturated carbocycles. The molecule has 0 bridgehead atoms. The minimum Gasteiger partial charge on any atom is -0.456 e. The largest absolute Gasteiger partial charge is 0.456 e. The molecule has 0 amide bonds. The third-order valence-electron chi connectivity index (χ3n) is 10.2. The molecule has 234 valence electrons. The Morgan fingerprint density at radius 2 is 1.08 bits per heavy atom. The second-order valence-corrected chi connectivity index (χ2v) is 12.9. The second-order valence-electron chi connectivity index (χ2n) is 12.9. The summed E-state index contributed by atoms with van der Waals surface area (Å²) in [5.41, 5.74) is 10.1. The second kappa shape index (κ2) is 10.4. The molecule has 0 radical (unpaired) electrons. The van der Waals surface area contributed by atoms with E-state index in [0.29, 0.717) is 0 Å². The lowest BCUT2D eigenvalue weighted by Gasteiger charge is -2.26. The van der Waals surface area contributed by atoms with Gasteiger partial charge in [0.2, 0.25) is 0 Å². The molecule has 3 aromatic heterocycles. The fraction of sp³-hybridized carbons (Fsp3) is 0. The van der Waals surface area contributed by atoms with Crippen molar-refractivity contribution in [2.24, 2.45) is 0 Å². The number of anilines is 3. The highest BCUT2D eigenvalue weighted by Gasteiger charge is 2.22. The molecule has 50 heavy (non-hydrogen) atoms. The summed E-state index contributed by atoms with van der Waals surface area (Å²) in [5.74, 6) is 0. The van der Waals surface area contributed by atoms with Crippen LogP contribution in [-0.2, 0) is 0 Å². The molecular formula is C46H28N2O2. The lowest BCUT2D eigenvalue weighted by Crippen LogP contribution is -2.10. The molecular weight excluding hydrogens is 613 g/mol. The zero-order chi connectivity index (χ0) is 32.8. The van der Waals surface area contributed by atoms with Gasteiger partial charge in [0.25, 0.3) is 0 Å². The van der Waals surface area contributed by atoms with Gasteiger partial charge in [-0.25, -0.2) is 0 Å². The molecule has 3 heterocycles. The third kappa shape index (κ3) is 3.87. The zero-order valence-electron chi connectivity index (χ0n) is 26.9. The number of aromatic nitrogens is 1. The standard InChI is InChI=1S/C46H28N2O2/c1-2-12-30(13-3-1)48-39-17-8-6-15-34(39)35-25-22-32(28-41(35)48)47(40-18-10-20-44-45(40)37-16-7-9-19-42(37)49-44)31-23-26-43-38(27-31)36-24-21-29-11-4-5-14-33(29)46(36)50-43/h1-28H. The average Bonchev–Trinajstić information content (AvgIpc) is 3.85. The molecule has 0 fully saturated rings. The van der Waals surface area contributed by atoms with Crippen LogP contribution in [0.5, 0.6) is 0 Å². The van der Waals surface area contributed by atoms with Gasteiger partial charge >= 0.3 is 0 Å². The summed E-state index contributed by atoms with van der Waals surface area (Å²) in [5, 5.41) is 9.08. The van der Waals surface area contributed by atoms with Gasteiger partial charge in [-0.05, 0) is 78.2 Å². The molecule has 0 atom stereocenters. The van der Waals surface area contributed by atoms with Crippen molar-refractivity contribution in [1.82, 2.24) is 4.57 Å². The number of rotatable bonds is 4. The van der Waals surface area contributed by atoms with Gasteiger partial charge in [0.05, 0.1) is 22.1 Å². The molecule has 4 heteroatoms. The van der Waals surface area contributed by atoms with Gasteiger partial charge in [-0.15, -0.1) is 0 Å². The van der Waals surface area contributed by atoms with Crippen LogP contribution in [-0.4, -0.2) is 4.57 Å². The maximum atomic E-state index is 6.55. The topological polar surface area (TPSA) is 34.5 Å². The van der Waals surface area contributed by atoms with Crippen molar-refractivity contribution >= 4 is 93.5 Å². The predicted octanol–water partition coefficient (Wildman–Crippen LogP) is 13.2. The van der Waals surface area contributed by atoms with E-state index in [0.717, 1.165) is 77.5 Å². The van der Waals surface area contributed by atoms with Crippen LogP contribution >= 0.6 is 0 Å². The predicted molar refractivity (Wildman–Crippen MR) is 208 cm³/mol. The number of nitrogens with zero attached hydrogens (tertiary/aromatic N) is 2. The van der Waals surface area contributed by atoms with Crippen molar-refractivity contribution < 1.29 is 8.83 Å². The molecule has 0 aliphatic heterocycles. The van der Waals surface area contributed by atoms with Crippen molar-refractivity contribution in [1.29, 1.82) is 0 Å². The molecule has 0 aliphatic rings. The van der Waals surface area contributed by atoms with E-state index in [9.17, 15) is 0 Å². The van der Waals surface area contributed by atoms with E-state index < -0.39 is 0 Å². The number of benzene rings is 8. The fourth-order valence-corrected chi connectivity index (χ4v) is 7.95. The van der Waals surface area contributed by atoms with E-state index in [1.807, 2.05) is 12.1 Å². The van der Waals surface area contributed by atoms with Gasteiger partial charge in [-0.1, -0.05) is 97.1 Å². The van der Waals surface area contributed by atoms with Gasteiger partial charge in [0.1, 0.15) is 22.3 Å². The number of hydrogen-bond donors (Lipinski definition) is 0. The Balaban J connectivity index is 1.22. The molecule has 11 aromatic rings. The number of hydrogen-bond acceptors (Lipinski definition) is 3. The Labute approximate surface area is 286 Å². The molecule has 4 nitrogen and oxygen atoms in total. The summed E-state index contributed by atoms with van der Waals surface area (Å²) in [4.78, 5) is 2.37. The Kier molecular flexibility index (Phi) is 5.63. The highest BCUT2D eigenvalue weighted by Crippen LogP contribution is 2.46. The lowest BCUT2D eigenvalue weighted by atomic mass is 10.0. The molecule has 0 spiro atoms. The van der Waals surface area contributed by atoms with Crippen molar-refractivity contribution in [3.63, 3.8) is 0 Å². The Hall–Kier alpha value is -6.78. The maximum absolute atomic E-state index is 6.55. The summed E-state index contributed by atoms with van der Waals surface area (Å²) in [6.07, 6.45) is 0. The molecule has 8 aromatic carbocycles. The number of para-hydroxylation sites is 3. The monoisotopic (exact) mass is 640 g/mol. The van der Waals surface area contributed by atoms with Crippen molar-refractivity contribution in [2.45, 2.75) is 0 Å². The zero-order valence-corrected chi connectivity index (χ0v) is 26.9. The van der Waals surface area contributed by atoms with Crippen LogP contribution in [0.15, 0.2) is 179 Å². The Bertz CT molecular complexity index is 3110. The van der Waals surface area contributed by atoms with Crippen LogP contribution in [0.25, 0.3) is 82.1 Å². The van der Waals surface area contributed by atoms with E-state index in [-0.39, 0.29) is 0 Å². The van der Waals surface area contributed by atoms with Gasteiger partial charge in [-0.2, -0.15) is 0 Å². The van der Waals surface area contributed by atoms with Gasteiger partial charge in [0, 0.05) is 49.4 Å². The average molecular weight is 641 g/mol. The third-order valence-corrected chi connectivity index (χ3v) is 10.2. The molecule has 0 N–H and O–H groups in total. The van der Waals surface area contributed by atoms with E-state index in [2.05, 4.69) is 167 Å². The molecule has 0 saturated heterocycles. The number of furan rings is 2. The van der Waals surface area contributed by atoms with Crippen molar-refractivity contribution in [2.75, 3.05) is 4.90 Å². The van der Waals surface area contributed by atoms with Crippen LogP contribution in [0.1, 0.15) is 0 Å². The first-order valence-corrected chi connectivity index (χ1v) is 16.9. The SMILES string of the molecule is c1ccc(-n2c3ccccc3c3ccc(N(c4ccc5oc6c7ccccc7ccc6c5c4)c4cccc5oc6ccccc6c45)cc32)cc1. The smallest absolute Gasteiger partial charge is 0.143 e. The summed E-state index contributed by atoms with van der Waals surface area (Å²) in [6.45, 7) is 0. The molecule has 0 unspecified atom stereocenters. The van der Waals surface area contributed by atoms with Crippen LogP contribution in [0.4, 0.5) is 17.1 Å². The molecule has 0 aliphatic carbocycles. The Morgan fingerprint density at radius 1 is 0.400 bits per heavy atom. The minimum absolute atomic E-state index is 0.856. The van der Waals surface area contributed by atoms with E-state index in [1.165, 1.54) is 21.7 Å². The van der Waals surface area contributed by atoms with Gasteiger partial charge in [-0.3, -0.25) is 0 Å². The van der Waals surface area contributed by atoms with Crippen LogP contribution < -0.4 is 4.90 Å². The summed E-state index contributed by atoms with van der Waals surface area (Å²) >= 11 is 0. The normalized spacial score (nSPS) is 12.0. The van der Waals surface area contributed by atoms with E-state index in [1.54, 1.807) is 0 Å². The van der Waals surface area contributed by atoms with Crippen molar-refractivity contribution in [3.05, 3.63) is 170 Å². The van der Waals surface area contributed by atoms with E-state index in [4.69, 9.17) is 8.83 Å².